The predicted molar refractivity (Wildman–Crippen MR) is 52.8 cm³/mol. The summed E-state index contributed by atoms with van der Waals surface area (Å²) in [5.41, 5.74) is 0.547. The molecule has 0 unspecified atom stereocenters. The molecule has 0 aliphatic carbocycles. The van der Waals surface area contributed by atoms with Crippen LogP contribution < -0.4 is 9.75 Å². The van der Waals surface area contributed by atoms with E-state index >= 15 is 0 Å². The lowest BCUT2D eigenvalue weighted by Crippen LogP contribution is -2.35. The number of fused-ring (bicyclic) bond motifs is 1. The van der Waals surface area contributed by atoms with Gasteiger partial charge in [0.1, 0.15) is 11.3 Å². The first-order valence-corrected chi connectivity index (χ1v) is 4.32. The largest absolute Gasteiger partial charge is 0.594 e. The highest BCUT2D eigenvalue weighted by molar-refractivity contribution is 5.71. The van der Waals surface area contributed by atoms with Crippen molar-refractivity contribution >= 4 is 17.0 Å². The van der Waals surface area contributed by atoms with Gasteiger partial charge in [0.25, 0.3) is 11.5 Å². The summed E-state index contributed by atoms with van der Waals surface area (Å²) >= 11 is 0. The fourth-order valence-corrected chi connectivity index (χ4v) is 1.20. The minimum absolute atomic E-state index is 0.126. The molecule has 0 N–H and O–H groups in total. The molecule has 1 heterocycles. The number of hydrogen-bond acceptors (Lipinski definition) is 4. The van der Waals surface area contributed by atoms with Crippen LogP contribution in [0.5, 0.6) is 0 Å². The number of benzene rings is 1. The van der Waals surface area contributed by atoms with Gasteiger partial charge in [-0.1, -0.05) is 0 Å². The molecule has 0 atom stereocenters. The van der Waals surface area contributed by atoms with Crippen molar-refractivity contribution < 1.29 is 9.24 Å². The smallest absolute Gasteiger partial charge is 0.292 e. The molecular formula is C9H9FN4O. The fraction of sp³-hybridized carbons (Fsp3) is 0.222. The number of hydrogen-bond donors (Lipinski definition) is 0. The second-order valence-corrected chi connectivity index (χ2v) is 3.31. The van der Waals surface area contributed by atoms with E-state index in [1.54, 1.807) is 19.0 Å². The van der Waals surface area contributed by atoms with Gasteiger partial charge in [0.2, 0.25) is 0 Å². The normalized spacial score (nSPS) is 10.6. The maximum Gasteiger partial charge on any atom is 0.292 e. The average Bonchev–Trinajstić information content (AvgIpc) is 2.18. The van der Waals surface area contributed by atoms with Gasteiger partial charge in [-0.3, -0.25) is 0 Å². The van der Waals surface area contributed by atoms with E-state index in [0.717, 1.165) is 6.07 Å². The molecule has 78 valence electrons. The van der Waals surface area contributed by atoms with Crippen LogP contribution >= 0.6 is 0 Å². The second-order valence-electron chi connectivity index (χ2n) is 3.31. The van der Waals surface area contributed by atoms with E-state index in [4.69, 9.17) is 0 Å². The Morgan fingerprint density at radius 2 is 2.13 bits per heavy atom. The molecule has 0 aliphatic heterocycles. The molecule has 1 aromatic carbocycles. The number of halogens is 1. The molecule has 0 aliphatic rings. The number of aromatic nitrogens is 3. The van der Waals surface area contributed by atoms with Crippen LogP contribution in [0.3, 0.4) is 0 Å². The molecule has 0 bridgehead atoms. The first-order chi connectivity index (χ1) is 7.08. The third-order valence-electron chi connectivity index (χ3n) is 1.94. The molecule has 0 saturated heterocycles. The lowest BCUT2D eigenvalue weighted by atomic mass is 10.3. The molecule has 0 saturated carbocycles. The first-order valence-electron chi connectivity index (χ1n) is 4.32. The quantitative estimate of drug-likeness (QED) is 0.505. The Balaban J connectivity index is 2.73. The van der Waals surface area contributed by atoms with E-state index in [0.29, 0.717) is 16.3 Å². The molecule has 5 nitrogen and oxygen atoms in total. The van der Waals surface area contributed by atoms with Crippen LogP contribution in [0, 0.1) is 11.0 Å². The van der Waals surface area contributed by atoms with E-state index in [1.165, 1.54) is 12.1 Å². The summed E-state index contributed by atoms with van der Waals surface area (Å²) in [7, 11) is 3.45. The highest BCUT2D eigenvalue weighted by atomic mass is 19.1. The summed E-state index contributed by atoms with van der Waals surface area (Å²) in [5, 5.41) is 15.1. The van der Waals surface area contributed by atoms with Crippen LogP contribution in [0.2, 0.25) is 0 Å². The SMILES string of the molecule is CN(C)c1nc2ccc(F)cc2[n+]([O-])n1. The van der Waals surface area contributed by atoms with Gasteiger partial charge >= 0.3 is 0 Å². The van der Waals surface area contributed by atoms with E-state index < -0.39 is 5.82 Å². The summed E-state index contributed by atoms with van der Waals surface area (Å²) in [6.07, 6.45) is 0. The Morgan fingerprint density at radius 1 is 1.40 bits per heavy atom. The topological polar surface area (TPSA) is 56.0 Å². The third-order valence-corrected chi connectivity index (χ3v) is 1.94. The van der Waals surface area contributed by atoms with E-state index in [-0.39, 0.29) is 5.52 Å². The van der Waals surface area contributed by atoms with Crippen molar-refractivity contribution in [1.29, 1.82) is 0 Å². The third kappa shape index (κ3) is 1.65. The molecule has 1 aromatic heterocycles. The van der Waals surface area contributed by atoms with Gasteiger partial charge in [0, 0.05) is 14.1 Å². The summed E-state index contributed by atoms with van der Waals surface area (Å²) in [6, 6.07) is 3.82. The summed E-state index contributed by atoms with van der Waals surface area (Å²) in [5.74, 6) is -0.183. The summed E-state index contributed by atoms with van der Waals surface area (Å²) in [6.45, 7) is 0. The van der Waals surface area contributed by atoms with Gasteiger partial charge in [0.15, 0.2) is 0 Å². The molecular weight excluding hydrogens is 199 g/mol. The highest BCUT2D eigenvalue weighted by Gasteiger charge is 2.12. The first kappa shape index (κ1) is 9.57. The van der Waals surface area contributed by atoms with Crippen molar-refractivity contribution in [3.63, 3.8) is 0 Å². The highest BCUT2D eigenvalue weighted by Crippen LogP contribution is 2.11. The monoisotopic (exact) mass is 208 g/mol. The number of anilines is 1. The zero-order valence-corrected chi connectivity index (χ0v) is 8.31. The zero-order valence-electron chi connectivity index (χ0n) is 8.31. The molecule has 0 spiro atoms. The maximum atomic E-state index is 12.9. The molecule has 2 rings (SSSR count). The fourth-order valence-electron chi connectivity index (χ4n) is 1.20. The van der Waals surface area contributed by atoms with Crippen molar-refractivity contribution in [3.8, 4) is 0 Å². The minimum atomic E-state index is -0.478. The number of rotatable bonds is 1. The Bertz CT molecular complexity index is 515. The van der Waals surface area contributed by atoms with Crippen LogP contribution in [0.25, 0.3) is 11.0 Å². The van der Waals surface area contributed by atoms with Crippen molar-refractivity contribution in [2.75, 3.05) is 19.0 Å². The second kappa shape index (κ2) is 3.30. The lowest BCUT2D eigenvalue weighted by Gasteiger charge is -2.08. The lowest BCUT2D eigenvalue weighted by molar-refractivity contribution is -0.641. The standard InChI is InChI=1S/C9H9FN4O/c1-13(2)9-11-7-4-3-6(10)5-8(7)14(15)12-9/h3-5H,1-2H3. The van der Waals surface area contributed by atoms with Crippen molar-refractivity contribution in [3.05, 3.63) is 29.2 Å². The summed E-state index contributed by atoms with van der Waals surface area (Å²) < 4.78 is 12.9. The Kier molecular flexibility index (Phi) is 2.11. The van der Waals surface area contributed by atoms with Gasteiger partial charge in [-0.05, 0) is 17.0 Å². The Labute approximate surface area is 85.4 Å². The molecule has 2 aromatic rings. The van der Waals surface area contributed by atoms with Gasteiger partial charge in [-0.2, -0.15) is 0 Å². The summed E-state index contributed by atoms with van der Waals surface area (Å²) in [4.78, 5) is 6.09. The Morgan fingerprint density at radius 3 is 2.80 bits per heavy atom. The zero-order chi connectivity index (χ0) is 11.0. The van der Waals surface area contributed by atoms with Crippen molar-refractivity contribution in [1.82, 2.24) is 10.1 Å². The average molecular weight is 208 g/mol. The minimum Gasteiger partial charge on any atom is -0.594 e. The van der Waals surface area contributed by atoms with E-state index in [2.05, 4.69) is 10.1 Å². The van der Waals surface area contributed by atoms with Gasteiger partial charge < -0.3 is 10.1 Å². The Hall–Kier alpha value is -1.98. The van der Waals surface area contributed by atoms with Crippen LogP contribution in [-0.4, -0.2) is 24.2 Å². The molecule has 0 radical (unpaired) electrons. The van der Waals surface area contributed by atoms with Gasteiger partial charge in [0.05, 0.1) is 11.2 Å². The number of nitrogens with zero attached hydrogens (tertiary/aromatic N) is 4. The van der Waals surface area contributed by atoms with E-state index in [9.17, 15) is 9.60 Å². The van der Waals surface area contributed by atoms with Gasteiger partial charge in [-0.15, -0.1) is 0 Å². The van der Waals surface area contributed by atoms with Crippen LogP contribution in [0.15, 0.2) is 18.2 Å². The van der Waals surface area contributed by atoms with Crippen molar-refractivity contribution in [2.24, 2.45) is 0 Å². The molecule has 0 amide bonds. The van der Waals surface area contributed by atoms with Crippen LogP contribution in [0.4, 0.5) is 10.3 Å². The van der Waals surface area contributed by atoms with Crippen LogP contribution in [-0.2, 0) is 0 Å². The predicted octanol–water partition coefficient (Wildman–Crippen LogP) is 0.468. The molecule has 0 fully saturated rings. The molecule has 6 heteroatoms. The van der Waals surface area contributed by atoms with Crippen LogP contribution in [0.1, 0.15) is 0 Å². The molecule has 15 heavy (non-hydrogen) atoms. The maximum absolute atomic E-state index is 12.9. The van der Waals surface area contributed by atoms with Crippen molar-refractivity contribution in [2.45, 2.75) is 0 Å². The van der Waals surface area contributed by atoms with Gasteiger partial charge in [-0.25, -0.2) is 9.37 Å². The van der Waals surface area contributed by atoms with E-state index in [1.807, 2.05) is 0 Å².